The van der Waals surface area contributed by atoms with E-state index < -0.39 is 29.4 Å². The number of halogens is 1. The minimum Gasteiger partial charge on any atom is -0.468 e. The topological polar surface area (TPSA) is 88.8 Å². The SMILES string of the molecule is COC(=O)CSC1=NC(C)=C(C(=O)OC(C)(C)C)C(c2ccc(Cl)cc2)C1C#N. The maximum absolute atomic E-state index is 13.0. The van der Waals surface area contributed by atoms with Gasteiger partial charge in [0.05, 0.1) is 29.5 Å². The van der Waals surface area contributed by atoms with E-state index in [1.54, 1.807) is 52.0 Å². The maximum Gasteiger partial charge on any atom is 0.337 e. The van der Waals surface area contributed by atoms with Gasteiger partial charge in [0, 0.05) is 16.6 Å². The van der Waals surface area contributed by atoms with E-state index in [-0.39, 0.29) is 5.75 Å². The summed E-state index contributed by atoms with van der Waals surface area (Å²) in [6.45, 7) is 7.05. The van der Waals surface area contributed by atoms with Crippen molar-refractivity contribution in [2.75, 3.05) is 12.9 Å². The number of hydrogen-bond donors (Lipinski definition) is 0. The molecule has 0 spiro atoms. The summed E-state index contributed by atoms with van der Waals surface area (Å²) in [7, 11) is 1.30. The van der Waals surface area contributed by atoms with Gasteiger partial charge in [-0.2, -0.15) is 5.26 Å². The van der Waals surface area contributed by atoms with Crippen LogP contribution in [0.1, 0.15) is 39.2 Å². The van der Waals surface area contributed by atoms with Crippen molar-refractivity contribution in [2.24, 2.45) is 10.9 Å². The fourth-order valence-electron chi connectivity index (χ4n) is 2.91. The van der Waals surface area contributed by atoms with Crippen LogP contribution in [0.15, 0.2) is 40.5 Å². The van der Waals surface area contributed by atoms with Gasteiger partial charge in [-0.15, -0.1) is 0 Å². The van der Waals surface area contributed by atoms with Crippen LogP contribution in [0.25, 0.3) is 0 Å². The Morgan fingerprint density at radius 3 is 2.41 bits per heavy atom. The summed E-state index contributed by atoms with van der Waals surface area (Å²) in [4.78, 5) is 29.0. The van der Waals surface area contributed by atoms with Gasteiger partial charge in [-0.1, -0.05) is 35.5 Å². The Balaban J connectivity index is 2.55. The maximum atomic E-state index is 13.0. The van der Waals surface area contributed by atoms with Crippen molar-refractivity contribution in [3.05, 3.63) is 46.1 Å². The molecule has 0 aliphatic carbocycles. The molecule has 1 aliphatic heterocycles. The fraction of sp³-hybridized carbons (Fsp3) is 0.429. The molecular weight excluding hydrogens is 412 g/mol. The summed E-state index contributed by atoms with van der Waals surface area (Å²) < 4.78 is 10.3. The van der Waals surface area contributed by atoms with E-state index in [0.717, 1.165) is 17.3 Å². The Labute approximate surface area is 179 Å². The number of aliphatic imine (C=N–C) groups is 1. The molecule has 2 atom stereocenters. The molecule has 0 N–H and O–H groups in total. The lowest BCUT2D eigenvalue weighted by molar-refractivity contribution is -0.150. The third-order valence-corrected chi connectivity index (χ3v) is 5.40. The molecule has 154 valence electrons. The van der Waals surface area contributed by atoms with Gasteiger partial charge >= 0.3 is 11.9 Å². The van der Waals surface area contributed by atoms with E-state index in [9.17, 15) is 14.9 Å². The highest BCUT2D eigenvalue weighted by atomic mass is 35.5. The molecule has 0 saturated heterocycles. The number of nitriles is 1. The summed E-state index contributed by atoms with van der Waals surface area (Å²) >= 11 is 7.15. The van der Waals surface area contributed by atoms with Gasteiger partial charge in [-0.05, 0) is 45.4 Å². The van der Waals surface area contributed by atoms with Crippen LogP contribution in [-0.4, -0.2) is 35.4 Å². The highest BCUT2D eigenvalue weighted by molar-refractivity contribution is 8.14. The van der Waals surface area contributed by atoms with E-state index in [2.05, 4.69) is 15.8 Å². The largest absolute Gasteiger partial charge is 0.468 e. The van der Waals surface area contributed by atoms with Crippen LogP contribution in [-0.2, 0) is 19.1 Å². The van der Waals surface area contributed by atoms with E-state index in [4.69, 9.17) is 16.3 Å². The Bertz CT molecular complexity index is 895. The minimum atomic E-state index is -0.753. The molecule has 1 aromatic rings. The molecule has 2 unspecified atom stereocenters. The van der Waals surface area contributed by atoms with Crippen molar-refractivity contribution in [1.29, 1.82) is 5.26 Å². The molecule has 6 nitrogen and oxygen atoms in total. The molecule has 1 aromatic carbocycles. The summed E-state index contributed by atoms with van der Waals surface area (Å²) in [6, 6.07) is 9.23. The van der Waals surface area contributed by atoms with E-state index >= 15 is 0 Å². The monoisotopic (exact) mass is 434 g/mol. The second kappa shape index (κ2) is 9.47. The number of nitrogens with zero attached hydrogens (tertiary/aromatic N) is 2. The number of rotatable bonds is 4. The Morgan fingerprint density at radius 1 is 1.28 bits per heavy atom. The highest BCUT2D eigenvalue weighted by Gasteiger charge is 2.40. The molecule has 2 rings (SSSR count). The molecule has 1 aliphatic rings. The molecule has 0 radical (unpaired) electrons. The van der Waals surface area contributed by atoms with E-state index in [1.807, 2.05) is 0 Å². The predicted molar refractivity (Wildman–Crippen MR) is 114 cm³/mol. The van der Waals surface area contributed by atoms with Crippen LogP contribution in [0.3, 0.4) is 0 Å². The molecule has 0 aromatic heterocycles. The van der Waals surface area contributed by atoms with E-state index in [0.29, 0.717) is 21.3 Å². The summed E-state index contributed by atoms with van der Waals surface area (Å²) in [5.74, 6) is -2.26. The van der Waals surface area contributed by atoms with Gasteiger partial charge in [-0.25, -0.2) is 9.79 Å². The second-order valence-electron chi connectivity index (χ2n) is 7.45. The van der Waals surface area contributed by atoms with Crippen molar-refractivity contribution >= 4 is 40.3 Å². The molecule has 29 heavy (non-hydrogen) atoms. The molecule has 8 heteroatoms. The van der Waals surface area contributed by atoms with Gasteiger partial charge in [0.15, 0.2) is 0 Å². The number of hydrogen-bond acceptors (Lipinski definition) is 7. The molecule has 0 saturated carbocycles. The van der Waals surface area contributed by atoms with E-state index in [1.165, 1.54) is 7.11 Å². The first-order valence-electron chi connectivity index (χ1n) is 8.94. The summed E-state index contributed by atoms with van der Waals surface area (Å²) in [5, 5.41) is 10.9. The highest BCUT2D eigenvalue weighted by Crippen LogP contribution is 2.42. The summed E-state index contributed by atoms with van der Waals surface area (Å²) in [5.41, 5.74) is 0.835. The lowest BCUT2D eigenvalue weighted by Gasteiger charge is -2.31. The number of esters is 2. The Hall–Kier alpha value is -2.30. The van der Waals surface area contributed by atoms with Crippen molar-refractivity contribution in [2.45, 2.75) is 39.2 Å². The fourth-order valence-corrected chi connectivity index (χ4v) is 3.99. The van der Waals surface area contributed by atoms with Crippen LogP contribution in [0.5, 0.6) is 0 Å². The number of carbonyl (C=O) groups excluding carboxylic acids is 2. The number of thioether (sulfide) groups is 1. The molecule has 0 bridgehead atoms. The molecular formula is C21H23ClN2O4S. The molecule has 1 heterocycles. The number of allylic oxidation sites excluding steroid dienone is 1. The van der Waals surface area contributed by atoms with Crippen molar-refractivity contribution in [1.82, 2.24) is 0 Å². The lowest BCUT2D eigenvalue weighted by Crippen LogP contribution is -2.33. The number of methoxy groups -OCH3 is 1. The van der Waals surface area contributed by atoms with Gasteiger partial charge in [0.2, 0.25) is 0 Å². The lowest BCUT2D eigenvalue weighted by atomic mass is 9.79. The van der Waals surface area contributed by atoms with Gasteiger partial charge in [-0.3, -0.25) is 4.79 Å². The van der Waals surface area contributed by atoms with Gasteiger partial charge < -0.3 is 9.47 Å². The zero-order valence-corrected chi connectivity index (χ0v) is 18.6. The number of carbonyl (C=O) groups is 2. The first kappa shape index (κ1) is 23.0. The van der Waals surface area contributed by atoms with Crippen LogP contribution in [0, 0.1) is 17.2 Å². The molecule has 0 fully saturated rings. The third kappa shape index (κ3) is 5.84. The third-order valence-electron chi connectivity index (χ3n) is 4.13. The zero-order valence-electron chi connectivity index (χ0n) is 17.0. The predicted octanol–water partition coefficient (Wildman–Crippen LogP) is 4.50. The molecule has 0 amide bonds. The summed E-state index contributed by atoms with van der Waals surface area (Å²) in [6.07, 6.45) is 0. The second-order valence-corrected chi connectivity index (χ2v) is 8.88. The van der Waals surface area contributed by atoms with Gasteiger partial charge in [0.1, 0.15) is 11.5 Å². The van der Waals surface area contributed by atoms with Crippen molar-refractivity contribution < 1.29 is 19.1 Å². The number of ether oxygens (including phenoxy) is 2. The smallest absolute Gasteiger partial charge is 0.337 e. The standard InChI is InChI=1S/C21H23ClN2O4S/c1-12-17(20(26)28-21(2,3)4)18(13-6-8-14(22)9-7-13)15(10-23)19(24-12)29-11-16(25)27-5/h6-9,15,18H,11H2,1-5H3. The first-order valence-corrected chi connectivity index (χ1v) is 10.3. The Morgan fingerprint density at radius 2 is 1.90 bits per heavy atom. The minimum absolute atomic E-state index is 0.0237. The first-order chi connectivity index (χ1) is 13.6. The Kier molecular flexibility index (Phi) is 7.50. The van der Waals surface area contributed by atoms with Crippen LogP contribution in [0.4, 0.5) is 0 Å². The zero-order chi connectivity index (χ0) is 21.8. The van der Waals surface area contributed by atoms with Gasteiger partial charge in [0.25, 0.3) is 0 Å². The average Bonchev–Trinajstić information content (AvgIpc) is 2.64. The quantitative estimate of drug-likeness (QED) is 0.648. The van der Waals surface area contributed by atoms with Crippen molar-refractivity contribution in [3.8, 4) is 6.07 Å². The van der Waals surface area contributed by atoms with Crippen LogP contribution >= 0.6 is 23.4 Å². The average molecular weight is 435 g/mol. The van der Waals surface area contributed by atoms with Crippen LogP contribution in [0.2, 0.25) is 5.02 Å². The normalized spacial score (nSPS) is 19.3. The van der Waals surface area contributed by atoms with Crippen molar-refractivity contribution in [3.63, 3.8) is 0 Å². The number of benzene rings is 1. The van der Waals surface area contributed by atoms with Crippen LogP contribution < -0.4 is 0 Å².